The maximum Gasteiger partial charge on any atom is 0.258 e. The van der Waals surface area contributed by atoms with Crippen molar-refractivity contribution in [2.75, 3.05) is 6.61 Å². The van der Waals surface area contributed by atoms with Crippen LogP contribution in [0.4, 0.5) is 0 Å². The molecule has 21 heavy (non-hydrogen) atoms. The van der Waals surface area contributed by atoms with Crippen LogP contribution < -0.4 is 10.1 Å². The summed E-state index contributed by atoms with van der Waals surface area (Å²) in [6.45, 7) is 1.86. The van der Waals surface area contributed by atoms with Gasteiger partial charge in [-0.3, -0.25) is 9.59 Å². The summed E-state index contributed by atoms with van der Waals surface area (Å²) in [5.41, 5.74) is 1.62. The Hall–Kier alpha value is -2.62. The third kappa shape index (κ3) is 4.45. The Labute approximate surface area is 123 Å². The van der Waals surface area contributed by atoms with Gasteiger partial charge in [-0.15, -0.1) is 0 Å². The van der Waals surface area contributed by atoms with Gasteiger partial charge in [-0.1, -0.05) is 30.3 Å². The Kier molecular flexibility index (Phi) is 5.10. The maximum absolute atomic E-state index is 11.8. The summed E-state index contributed by atoms with van der Waals surface area (Å²) in [6, 6.07) is 16.3. The molecular weight excluding hydrogens is 266 g/mol. The molecule has 0 saturated heterocycles. The van der Waals surface area contributed by atoms with Crippen molar-refractivity contribution in [3.63, 3.8) is 0 Å². The maximum atomic E-state index is 11.8. The molecule has 0 aliphatic carbocycles. The fraction of sp³-hybridized carbons (Fsp3) is 0.176. The molecule has 0 heterocycles. The van der Waals surface area contributed by atoms with E-state index in [1.54, 1.807) is 24.3 Å². The van der Waals surface area contributed by atoms with Crippen LogP contribution in [0.5, 0.6) is 5.75 Å². The summed E-state index contributed by atoms with van der Waals surface area (Å²) in [6.07, 6.45) is 0.762. The van der Waals surface area contributed by atoms with E-state index in [2.05, 4.69) is 5.32 Å². The third-order valence-corrected chi connectivity index (χ3v) is 3.06. The van der Waals surface area contributed by atoms with Crippen molar-refractivity contribution in [1.29, 1.82) is 0 Å². The molecule has 1 N–H and O–H groups in total. The van der Waals surface area contributed by atoms with Gasteiger partial charge in [-0.2, -0.15) is 0 Å². The fourth-order valence-electron chi connectivity index (χ4n) is 1.90. The molecule has 0 fully saturated rings. The minimum Gasteiger partial charge on any atom is -0.484 e. The highest BCUT2D eigenvalue weighted by Crippen LogP contribution is 2.12. The van der Waals surface area contributed by atoms with E-state index in [0.717, 1.165) is 11.8 Å². The van der Waals surface area contributed by atoms with Crippen LogP contribution in [0.1, 0.15) is 28.9 Å². The second-order valence-corrected chi connectivity index (χ2v) is 4.68. The summed E-state index contributed by atoms with van der Waals surface area (Å²) < 4.78 is 5.38. The molecule has 4 heteroatoms. The lowest BCUT2D eigenvalue weighted by Crippen LogP contribution is -2.31. The fourth-order valence-corrected chi connectivity index (χ4v) is 1.90. The van der Waals surface area contributed by atoms with Crippen LogP contribution in [0.2, 0.25) is 0 Å². The number of carbonyl (C=O) groups is 2. The molecule has 0 aliphatic rings. The average molecular weight is 283 g/mol. The number of hydrogen-bond donors (Lipinski definition) is 1. The van der Waals surface area contributed by atoms with E-state index in [-0.39, 0.29) is 18.6 Å². The topological polar surface area (TPSA) is 55.4 Å². The van der Waals surface area contributed by atoms with Crippen molar-refractivity contribution in [2.24, 2.45) is 0 Å². The smallest absolute Gasteiger partial charge is 0.258 e. The zero-order chi connectivity index (χ0) is 15.1. The summed E-state index contributed by atoms with van der Waals surface area (Å²) in [5, 5.41) is 2.87. The van der Waals surface area contributed by atoms with Gasteiger partial charge >= 0.3 is 0 Å². The Morgan fingerprint density at radius 1 is 1.14 bits per heavy atom. The van der Waals surface area contributed by atoms with Crippen molar-refractivity contribution >= 4 is 12.2 Å². The van der Waals surface area contributed by atoms with Gasteiger partial charge in [0.25, 0.3) is 5.91 Å². The Balaban J connectivity index is 1.83. The van der Waals surface area contributed by atoms with Crippen molar-refractivity contribution in [1.82, 2.24) is 5.32 Å². The van der Waals surface area contributed by atoms with Crippen LogP contribution in [0.3, 0.4) is 0 Å². The number of benzene rings is 2. The Bertz CT molecular complexity index is 593. The van der Waals surface area contributed by atoms with Crippen LogP contribution in [0, 0.1) is 0 Å². The molecule has 2 rings (SSSR count). The molecule has 2 aromatic carbocycles. The lowest BCUT2D eigenvalue weighted by atomic mass is 10.1. The first-order valence-electron chi connectivity index (χ1n) is 6.71. The minimum absolute atomic E-state index is 0.0579. The van der Waals surface area contributed by atoms with Crippen molar-refractivity contribution in [3.05, 3.63) is 65.7 Å². The molecule has 2 aromatic rings. The first-order valence-corrected chi connectivity index (χ1v) is 6.71. The van der Waals surface area contributed by atoms with E-state index in [1.807, 2.05) is 37.3 Å². The summed E-state index contributed by atoms with van der Waals surface area (Å²) in [7, 11) is 0. The molecule has 1 atom stereocenters. The number of carbonyl (C=O) groups excluding carboxylic acids is 2. The van der Waals surface area contributed by atoms with Gasteiger partial charge in [-0.25, -0.2) is 0 Å². The number of nitrogens with one attached hydrogen (secondary N) is 1. The molecule has 1 unspecified atom stereocenters. The van der Waals surface area contributed by atoms with Gasteiger partial charge in [0, 0.05) is 5.56 Å². The van der Waals surface area contributed by atoms with Crippen molar-refractivity contribution in [2.45, 2.75) is 13.0 Å². The van der Waals surface area contributed by atoms with Gasteiger partial charge in [0.05, 0.1) is 6.04 Å². The quantitative estimate of drug-likeness (QED) is 0.829. The SMILES string of the molecule is CC(NC(=O)COc1ccc(C=O)cc1)c1ccccc1. The molecule has 0 bridgehead atoms. The predicted octanol–water partition coefficient (Wildman–Crippen LogP) is 2.76. The van der Waals surface area contributed by atoms with E-state index in [1.165, 1.54) is 0 Å². The van der Waals surface area contributed by atoms with Crippen LogP contribution in [0.15, 0.2) is 54.6 Å². The predicted molar refractivity (Wildman–Crippen MR) is 80.3 cm³/mol. The Morgan fingerprint density at radius 3 is 2.43 bits per heavy atom. The number of ether oxygens (including phenoxy) is 1. The molecule has 0 radical (unpaired) electrons. The van der Waals surface area contributed by atoms with Gasteiger partial charge in [0.15, 0.2) is 6.61 Å². The molecular formula is C17H17NO3. The molecule has 0 saturated carbocycles. The van der Waals surface area contributed by atoms with Gasteiger partial charge in [-0.05, 0) is 36.8 Å². The Morgan fingerprint density at radius 2 is 1.81 bits per heavy atom. The normalized spacial score (nSPS) is 11.5. The lowest BCUT2D eigenvalue weighted by molar-refractivity contribution is -0.123. The van der Waals surface area contributed by atoms with Gasteiger partial charge < -0.3 is 10.1 Å². The molecule has 108 valence electrons. The number of aldehydes is 1. The second kappa shape index (κ2) is 7.24. The van der Waals surface area contributed by atoms with E-state index >= 15 is 0 Å². The van der Waals surface area contributed by atoms with Crippen LogP contribution in [-0.4, -0.2) is 18.8 Å². The van der Waals surface area contributed by atoms with Gasteiger partial charge in [0.2, 0.25) is 0 Å². The molecule has 0 aromatic heterocycles. The zero-order valence-corrected chi connectivity index (χ0v) is 11.8. The second-order valence-electron chi connectivity index (χ2n) is 4.68. The minimum atomic E-state index is -0.189. The largest absolute Gasteiger partial charge is 0.484 e. The average Bonchev–Trinajstić information content (AvgIpc) is 2.54. The van der Waals surface area contributed by atoms with Crippen molar-refractivity contribution < 1.29 is 14.3 Å². The van der Waals surface area contributed by atoms with E-state index in [0.29, 0.717) is 11.3 Å². The van der Waals surface area contributed by atoms with Gasteiger partial charge in [0.1, 0.15) is 12.0 Å². The number of rotatable bonds is 6. The number of amides is 1. The lowest BCUT2D eigenvalue weighted by Gasteiger charge is -2.14. The molecule has 0 spiro atoms. The highest BCUT2D eigenvalue weighted by molar-refractivity contribution is 5.78. The third-order valence-electron chi connectivity index (χ3n) is 3.06. The van der Waals surface area contributed by atoms with Crippen LogP contribution in [0.25, 0.3) is 0 Å². The van der Waals surface area contributed by atoms with Crippen LogP contribution in [-0.2, 0) is 4.79 Å². The van der Waals surface area contributed by atoms with E-state index in [9.17, 15) is 9.59 Å². The molecule has 0 aliphatic heterocycles. The standard InChI is InChI=1S/C17H17NO3/c1-13(15-5-3-2-4-6-15)18-17(20)12-21-16-9-7-14(11-19)8-10-16/h2-11,13H,12H2,1H3,(H,18,20). The first kappa shape index (κ1) is 14.8. The van der Waals surface area contributed by atoms with Crippen LogP contribution >= 0.6 is 0 Å². The monoisotopic (exact) mass is 283 g/mol. The zero-order valence-electron chi connectivity index (χ0n) is 11.8. The van der Waals surface area contributed by atoms with Crippen molar-refractivity contribution in [3.8, 4) is 5.75 Å². The summed E-state index contributed by atoms with van der Waals surface area (Å²) >= 11 is 0. The highest BCUT2D eigenvalue weighted by atomic mass is 16.5. The van der Waals surface area contributed by atoms with E-state index in [4.69, 9.17) is 4.74 Å². The molecule has 4 nitrogen and oxygen atoms in total. The molecule has 1 amide bonds. The first-order chi connectivity index (χ1) is 10.2. The highest BCUT2D eigenvalue weighted by Gasteiger charge is 2.09. The number of hydrogen-bond acceptors (Lipinski definition) is 3. The summed E-state index contributed by atoms with van der Waals surface area (Å²) in [5.74, 6) is 0.369. The summed E-state index contributed by atoms with van der Waals surface area (Å²) in [4.78, 5) is 22.4. The van der Waals surface area contributed by atoms with E-state index < -0.39 is 0 Å².